The molecule has 0 N–H and O–H groups in total. The van der Waals surface area contributed by atoms with Crippen molar-refractivity contribution in [3.8, 4) is 0 Å². The molecule has 4 saturated carbocycles. The molecule has 4 aliphatic carbocycles. The minimum absolute atomic E-state index is 0.00989. The van der Waals surface area contributed by atoms with E-state index in [2.05, 4.69) is 0 Å². The monoisotopic (exact) mass is 400 g/mol. The number of rotatable bonds is 3. The van der Waals surface area contributed by atoms with Crippen molar-refractivity contribution in [2.75, 3.05) is 26.2 Å². The molecule has 0 radical (unpaired) electrons. The maximum absolute atomic E-state index is 13.1. The molecule has 1 saturated heterocycles. The molecule has 0 unspecified atom stereocenters. The molecule has 5 fully saturated rings. The van der Waals surface area contributed by atoms with Gasteiger partial charge in [0.25, 0.3) is 5.91 Å². The third-order valence-electron chi connectivity index (χ3n) is 7.68. The number of nitrogens with zero attached hydrogens (tertiary/aromatic N) is 2. The largest absolute Gasteiger partial charge is 0.339 e. The average molecular weight is 401 g/mol. The van der Waals surface area contributed by atoms with Gasteiger partial charge >= 0.3 is 0 Å². The lowest BCUT2D eigenvalue weighted by Crippen LogP contribution is -2.53. The van der Waals surface area contributed by atoms with Gasteiger partial charge < -0.3 is 9.80 Å². The van der Waals surface area contributed by atoms with Crippen LogP contribution >= 0.6 is 11.6 Å². The quantitative estimate of drug-likeness (QED) is 0.761. The van der Waals surface area contributed by atoms with Crippen molar-refractivity contribution in [2.24, 2.45) is 23.2 Å². The summed E-state index contributed by atoms with van der Waals surface area (Å²) in [5, 5.41) is 0.579. The van der Waals surface area contributed by atoms with Gasteiger partial charge in [-0.05, 0) is 79.9 Å². The van der Waals surface area contributed by atoms with E-state index in [1.165, 1.54) is 38.5 Å². The molecule has 4 nitrogen and oxygen atoms in total. The first kappa shape index (κ1) is 18.5. The summed E-state index contributed by atoms with van der Waals surface area (Å²) in [6.07, 6.45) is 8.81. The molecule has 1 aliphatic heterocycles. The Morgan fingerprint density at radius 3 is 2.07 bits per heavy atom. The van der Waals surface area contributed by atoms with E-state index in [4.69, 9.17) is 11.6 Å². The van der Waals surface area contributed by atoms with Gasteiger partial charge in [-0.3, -0.25) is 9.59 Å². The minimum Gasteiger partial charge on any atom is -0.339 e. The molecular weight excluding hydrogens is 372 g/mol. The van der Waals surface area contributed by atoms with Gasteiger partial charge in [-0.2, -0.15) is 0 Å². The zero-order valence-corrected chi connectivity index (χ0v) is 17.2. The Kier molecular flexibility index (Phi) is 4.65. The molecular formula is C23H29ClN2O2. The van der Waals surface area contributed by atoms with Crippen LogP contribution < -0.4 is 0 Å². The van der Waals surface area contributed by atoms with Gasteiger partial charge in [-0.15, -0.1) is 0 Å². The van der Waals surface area contributed by atoms with Crippen LogP contribution in [-0.2, 0) is 4.79 Å². The molecule has 4 bridgehead atoms. The van der Waals surface area contributed by atoms with Gasteiger partial charge in [-0.25, -0.2) is 0 Å². The normalized spacial score (nSPS) is 34.0. The lowest BCUT2D eigenvalue weighted by Gasteiger charge is -2.57. The highest BCUT2D eigenvalue weighted by atomic mass is 35.5. The number of halogens is 1. The Labute approximate surface area is 172 Å². The first-order chi connectivity index (χ1) is 13.5. The van der Waals surface area contributed by atoms with Gasteiger partial charge in [-0.1, -0.05) is 17.7 Å². The number of carbonyl (C=O) groups is 2. The Balaban J connectivity index is 1.18. The van der Waals surface area contributed by atoms with Crippen molar-refractivity contribution in [3.63, 3.8) is 0 Å². The molecule has 2 amide bonds. The van der Waals surface area contributed by atoms with E-state index in [-0.39, 0.29) is 5.91 Å². The van der Waals surface area contributed by atoms with Crippen LogP contribution in [0.3, 0.4) is 0 Å². The predicted octanol–water partition coefficient (Wildman–Crippen LogP) is 4.23. The highest BCUT2D eigenvalue weighted by Gasteiger charge is 2.51. The molecule has 0 aromatic heterocycles. The fourth-order valence-electron chi connectivity index (χ4n) is 6.90. The zero-order valence-electron chi connectivity index (χ0n) is 16.4. The summed E-state index contributed by atoms with van der Waals surface area (Å²) in [5.74, 6) is 2.97. The van der Waals surface area contributed by atoms with Gasteiger partial charge in [0.1, 0.15) is 0 Å². The lowest BCUT2D eigenvalue weighted by atomic mass is 9.49. The standard InChI is InChI=1S/C23H29ClN2O2/c24-20-3-1-2-19(11-20)22(28)26-6-4-25(5-7-26)21(27)15-23-12-16-8-17(13-23)10-18(9-16)14-23/h1-3,11,16-18H,4-10,12-15H2. The van der Waals surface area contributed by atoms with Crippen LogP contribution in [0.15, 0.2) is 24.3 Å². The third kappa shape index (κ3) is 3.45. The molecule has 0 spiro atoms. The van der Waals surface area contributed by atoms with Crippen molar-refractivity contribution in [1.29, 1.82) is 0 Å². The van der Waals surface area contributed by atoms with E-state index in [9.17, 15) is 9.59 Å². The van der Waals surface area contributed by atoms with Crippen LogP contribution in [0.1, 0.15) is 55.3 Å². The summed E-state index contributed by atoms with van der Waals surface area (Å²) in [7, 11) is 0. The molecule has 5 aliphatic rings. The van der Waals surface area contributed by atoms with E-state index in [0.717, 1.165) is 24.2 Å². The van der Waals surface area contributed by atoms with Crippen LogP contribution in [0.25, 0.3) is 0 Å². The van der Waals surface area contributed by atoms with Crippen LogP contribution in [0.5, 0.6) is 0 Å². The van der Waals surface area contributed by atoms with Crippen molar-refractivity contribution >= 4 is 23.4 Å². The van der Waals surface area contributed by atoms with Gasteiger partial charge in [0.15, 0.2) is 0 Å². The molecule has 6 rings (SSSR count). The van der Waals surface area contributed by atoms with Gasteiger partial charge in [0.05, 0.1) is 0 Å². The zero-order chi connectivity index (χ0) is 19.3. The third-order valence-corrected chi connectivity index (χ3v) is 7.92. The van der Waals surface area contributed by atoms with Crippen LogP contribution in [-0.4, -0.2) is 47.8 Å². The number of piperazine rings is 1. The lowest BCUT2D eigenvalue weighted by molar-refractivity contribution is -0.141. The number of hydrogen-bond donors (Lipinski definition) is 0. The Bertz CT molecular complexity index is 749. The Morgan fingerprint density at radius 2 is 1.50 bits per heavy atom. The van der Waals surface area contributed by atoms with Crippen molar-refractivity contribution < 1.29 is 9.59 Å². The predicted molar refractivity (Wildman–Crippen MR) is 109 cm³/mol. The summed E-state index contributed by atoms with van der Waals surface area (Å²) in [4.78, 5) is 29.6. The van der Waals surface area contributed by atoms with Crippen molar-refractivity contribution in [3.05, 3.63) is 34.9 Å². The highest BCUT2D eigenvalue weighted by molar-refractivity contribution is 6.30. The first-order valence-corrected chi connectivity index (χ1v) is 11.2. The number of hydrogen-bond acceptors (Lipinski definition) is 2. The Hall–Kier alpha value is -1.55. The fraction of sp³-hybridized carbons (Fsp3) is 0.652. The van der Waals surface area contributed by atoms with E-state index >= 15 is 0 Å². The van der Waals surface area contributed by atoms with Gasteiger partial charge in [0.2, 0.25) is 5.91 Å². The summed E-state index contributed by atoms with van der Waals surface area (Å²) in [6, 6.07) is 7.10. The second-order valence-electron chi connectivity index (χ2n) is 9.78. The molecule has 5 heteroatoms. The molecule has 28 heavy (non-hydrogen) atoms. The van der Waals surface area contributed by atoms with Crippen LogP contribution in [0.2, 0.25) is 5.02 Å². The molecule has 150 valence electrons. The molecule has 1 aromatic rings. The number of carbonyl (C=O) groups excluding carboxylic acids is 2. The van der Waals surface area contributed by atoms with Gasteiger partial charge in [0, 0.05) is 43.2 Å². The summed E-state index contributed by atoms with van der Waals surface area (Å²) < 4.78 is 0. The minimum atomic E-state index is 0.00989. The SMILES string of the molecule is O=C(CC12CC3CC(CC(C3)C1)C2)N1CCN(C(=O)c2cccc(Cl)c2)CC1. The maximum Gasteiger partial charge on any atom is 0.254 e. The first-order valence-electron chi connectivity index (χ1n) is 10.8. The topological polar surface area (TPSA) is 40.6 Å². The summed E-state index contributed by atoms with van der Waals surface area (Å²) in [6.45, 7) is 2.52. The average Bonchev–Trinajstić information content (AvgIpc) is 2.66. The molecule has 1 heterocycles. The second-order valence-corrected chi connectivity index (χ2v) is 10.2. The van der Waals surface area contributed by atoms with Crippen LogP contribution in [0.4, 0.5) is 0 Å². The smallest absolute Gasteiger partial charge is 0.254 e. The van der Waals surface area contributed by atoms with Crippen LogP contribution in [0, 0.1) is 23.2 Å². The second kappa shape index (κ2) is 7.05. The van der Waals surface area contributed by atoms with E-state index in [1.54, 1.807) is 24.3 Å². The highest BCUT2D eigenvalue weighted by Crippen LogP contribution is 2.61. The number of benzene rings is 1. The summed E-state index contributed by atoms with van der Waals surface area (Å²) >= 11 is 6.02. The fourth-order valence-corrected chi connectivity index (χ4v) is 7.09. The van der Waals surface area contributed by atoms with E-state index in [1.807, 2.05) is 9.80 Å². The maximum atomic E-state index is 13.1. The number of amides is 2. The summed E-state index contributed by atoms with van der Waals surface area (Å²) in [5.41, 5.74) is 0.917. The Morgan fingerprint density at radius 1 is 0.929 bits per heavy atom. The molecule has 0 atom stereocenters. The van der Waals surface area contributed by atoms with Crippen molar-refractivity contribution in [2.45, 2.75) is 44.9 Å². The van der Waals surface area contributed by atoms with E-state index in [0.29, 0.717) is 48.1 Å². The molecule has 1 aromatic carbocycles. The van der Waals surface area contributed by atoms with E-state index < -0.39 is 0 Å². The van der Waals surface area contributed by atoms with Crippen molar-refractivity contribution in [1.82, 2.24) is 9.80 Å².